The Kier molecular flexibility index (Phi) is 6.87. The van der Waals surface area contributed by atoms with Crippen molar-refractivity contribution in [3.8, 4) is 5.75 Å². The second kappa shape index (κ2) is 9.33. The normalized spacial score (nSPS) is 10.1. The summed E-state index contributed by atoms with van der Waals surface area (Å²) in [6.45, 7) is 1.62. The minimum absolute atomic E-state index is 0.00486. The van der Waals surface area contributed by atoms with Crippen LogP contribution in [0.1, 0.15) is 22.8 Å². The van der Waals surface area contributed by atoms with Gasteiger partial charge in [0, 0.05) is 31.8 Å². The predicted molar refractivity (Wildman–Crippen MR) is 95.9 cm³/mol. The molecule has 0 aliphatic heterocycles. The summed E-state index contributed by atoms with van der Waals surface area (Å²) >= 11 is 0. The maximum Gasteiger partial charge on any atom is 0.308 e. The van der Waals surface area contributed by atoms with E-state index in [2.05, 4.69) is 10.6 Å². The second-order valence-electron chi connectivity index (χ2n) is 5.49. The summed E-state index contributed by atoms with van der Waals surface area (Å²) < 4.78 is 9.73. The zero-order valence-electron chi connectivity index (χ0n) is 14.6. The molecule has 0 saturated carbocycles. The first-order chi connectivity index (χ1) is 12.5. The van der Waals surface area contributed by atoms with Crippen molar-refractivity contribution in [1.29, 1.82) is 0 Å². The van der Waals surface area contributed by atoms with Gasteiger partial charge in [-0.3, -0.25) is 14.4 Å². The molecule has 0 aliphatic rings. The number of carbonyl (C=O) groups is 3. The van der Waals surface area contributed by atoms with E-state index in [0.29, 0.717) is 23.5 Å². The number of methoxy groups -OCH3 is 1. The monoisotopic (exact) mass is 356 g/mol. The highest BCUT2D eigenvalue weighted by atomic mass is 16.5. The highest BCUT2D eigenvalue weighted by Crippen LogP contribution is 2.16. The highest BCUT2D eigenvalue weighted by molar-refractivity contribution is 6.04. The lowest BCUT2D eigenvalue weighted by molar-refractivity contribution is -0.132. The van der Waals surface area contributed by atoms with Gasteiger partial charge < -0.3 is 20.1 Å². The van der Waals surface area contributed by atoms with Crippen LogP contribution in [0.4, 0.5) is 5.69 Å². The van der Waals surface area contributed by atoms with E-state index in [1.807, 2.05) is 6.07 Å². The van der Waals surface area contributed by atoms with E-state index in [9.17, 15) is 14.4 Å². The van der Waals surface area contributed by atoms with Gasteiger partial charge in [-0.25, -0.2) is 0 Å². The number of nitrogens with one attached hydrogen (secondary N) is 2. The quantitative estimate of drug-likeness (QED) is 0.585. The lowest BCUT2D eigenvalue weighted by Crippen LogP contribution is -2.26. The Bertz CT molecular complexity index is 804. The lowest BCUT2D eigenvalue weighted by atomic mass is 10.1. The molecule has 2 amide bonds. The van der Waals surface area contributed by atoms with Crippen molar-refractivity contribution in [3.05, 3.63) is 59.7 Å². The molecule has 7 nitrogen and oxygen atoms in total. The zero-order valence-corrected chi connectivity index (χ0v) is 14.6. The van der Waals surface area contributed by atoms with Gasteiger partial charge in [-0.1, -0.05) is 18.2 Å². The number of carbonyl (C=O) groups excluding carboxylic acids is 3. The largest absolute Gasteiger partial charge is 0.427 e. The van der Waals surface area contributed by atoms with Gasteiger partial charge in [0.05, 0.1) is 0 Å². The van der Waals surface area contributed by atoms with Gasteiger partial charge in [0.25, 0.3) is 5.91 Å². The smallest absolute Gasteiger partial charge is 0.308 e. The van der Waals surface area contributed by atoms with E-state index in [4.69, 9.17) is 9.47 Å². The van der Waals surface area contributed by atoms with Crippen LogP contribution in [0.25, 0.3) is 0 Å². The SMILES string of the molecule is COCC(=O)NCc1cccc(NC(=O)c2cccc(OC(C)=O)c2)c1. The molecule has 26 heavy (non-hydrogen) atoms. The third-order valence-corrected chi connectivity index (χ3v) is 3.31. The number of hydrogen-bond donors (Lipinski definition) is 2. The minimum Gasteiger partial charge on any atom is -0.427 e. The first-order valence-electron chi connectivity index (χ1n) is 7.92. The van der Waals surface area contributed by atoms with Gasteiger partial charge in [-0.2, -0.15) is 0 Å². The number of esters is 1. The molecular formula is C19H20N2O5. The Hall–Kier alpha value is -3.19. The van der Waals surface area contributed by atoms with Crippen molar-refractivity contribution >= 4 is 23.5 Å². The fourth-order valence-electron chi connectivity index (χ4n) is 2.21. The van der Waals surface area contributed by atoms with Crippen LogP contribution in [-0.2, 0) is 20.9 Å². The molecule has 2 aromatic carbocycles. The van der Waals surface area contributed by atoms with Gasteiger partial charge in [0.1, 0.15) is 12.4 Å². The fraction of sp³-hybridized carbons (Fsp3) is 0.211. The molecule has 0 aliphatic carbocycles. The van der Waals surface area contributed by atoms with E-state index in [-0.39, 0.29) is 18.4 Å². The van der Waals surface area contributed by atoms with Crippen LogP contribution in [0.5, 0.6) is 5.75 Å². The lowest BCUT2D eigenvalue weighted by Gasteiger charge is -2.09. The molecule has 0 unspecified atom stereocenters. The average Bonchev–Trinajstić information content (AvgIpc) is 2.60. The van der Waals surface area contributed by atoms with Crippen molar-refractivity contribution in [2.75, 3.05) is 19.0 Å². The molecule has 0 spiro atoms. The Balaban J connectivity index is 2.02. The summed E-state index contributed by atoms with van der Waals surface area (Å²) in [5.41, 5.74) is 1.79. The summed E-state index contributed by atoms with van der Waals surface area (Å²) in [5, 5.41) is 5.49. The minimum atomic E-state index is -0.453. The number of hydrogen-bond acceptors (Lipinski definition) is 5. The molecule has 0 radical (unpaired) electrons. The van der Waals surface area contributed by atoms with E-state index in [1.165, 1.54) is 20.1 Å². The predicted octanol–water partition coefficient (Wildman–Crippen LogP) is 2.13. The third kappa shape index (κ3) is 6.03. The summed E-state index contributed by atoms with van der Waals surface area (Å²) in [7, 11) is 1.45. The number of amides is 2. The first-order valence-corrected chi connectivity index (χ1v) is 7.92. The second-order valence-corrected chi connectivity index (χ2v) is 5.49. The van der Waals surface area contributed by atoms with Crippen LogP contribution in [0.3, 0.4) is 0 Å². The Morgan fingerprint density at radius 3 is 2.54 bits per heavy atom. The van der Waals surface area contributed by atoms with E-state index >= 15 is 0 Å². The number of ether oxygens (including phenoxy) is 2. The van der Waals surface area contributed by atoms with Gasteiger partial charge in [0.15, 0.2) is 0 Å². The third-order valence-electron chi connectivity index (χ3n) is 3.31. The van der Waals surface area contributed by atoms with Crippen molar-refractivity contribution in [3.63, 3.8) is 0 Å². The van der Waals surface area contributed by atoms with E-state index in [0.717, 1.165) is 5.56 Å². The van der Waals surface area contributed by atoms with Crippen LogP contribution < -0.4 is 15.4 Å². The Labute approximate surface area is 151 Å². The Morgan fingerprint density at radius 2 is 1.81 bits per heavy atom. The van der Waals surface area contributed by atoms with Gasteiger partial charge in [0.2, 0.25) is 5.91 Å². The summed E-state index contributed by atoms with van der Waals surface area (Å²) in [4.78, 5) is 34.8. The van der Waals surface area contributed by atoms with E-state index < -0.39 is 5.97 Å². The molecule has 2 aromatic rings. The summed E-state index contributed by atoms with van der Waals surface area (Å²) in [6, 6.07) is 13.5. The standard InChI is InChI=1S/C19H20N2O5/c1-13(22)26-17-8-4-6-15(10-17)19(24)21-16-7-3-5-14(9-16)11-20-18(23)12-25-2/h3-10H,11-12H2,1-2H3,(H,20,23)(H,21,24). The van der Waals surface area contributed by atoms with Crippen molar-refractivity contribution < 1.29 is 23.9 Å². The number of benzene rings is 2. The van der Waals surface area contributed by atoms with Crippen LogP contribution in [0, 0.1) is 0 Å². The molecular weight excluding hydrogens is 336 g/mol. The molecule has 7 heteroatoms. The van der Waals surface area contributed by atoms with Crippen LogP contribution in [0.2, 0.25) is 0 Å². The summed E-state index contributed by atoms with van der Waals surface area (Å²) in [5.74, 6) is -0.700. The number of rotatable bonds is 7. The molecule has 0 atom stereocenters. The first kappa shape index (κ1) is 19.1. The molecule has 0 bridgehead atoms. The fourth-order valence-corrected chi connectivity index (χ4v) is 2.21. The molecule has 0 aromatic heterocycles. The maximum absolute atomic E-state index is 12.4. The van der Waals surface area contributed by atoms with Gasteiger partial charge in [-0.05, 0) is 35.9 Å². The van der Waals surface area contributed by atoms with Crippen molar-refractivity contribution in [2.24, 2.45) is 0 Å². The maximum atomic E-state index is 12.4. The highest BCUT2D eigenvalue weighted by Gasteiger charge is 2.09. The molecule has 0 fully saturated rings. The van der Waals surface area contributed by atoms with Crippen LogP contribution >= 0.6 is 0 Å². The summed E-state index contributed by atoms with van der Waals surface area (Å²) in [6.07, 6.45) is 0. The molecule has 2 N–H and O–H groups in total. The Morgan fingerprint density at radius 1 is 1.04 bits per heavy atom. The van der Waals surface area contributed by atoms with Crippen molar-refractivity contribution in [1.82, 2.24) is 5.32 Å². The van der Waals surface area contributed by atoms with Gasteiger partial charge >= 0.3 is 5.97 Å². The van der Waals surface area contributed by atoms with E-state index in [1.54, 1.807) is 36.4 Å². The number of anilines is 1. The van der Waals surface area contributed by atoms with Gasteiger partial charge in [-0.15, -0.1) is 0 Å². The average molecular weight is 356 g/mol. The van der Waals surface area contributed by atoms with Crippen LogP contribution in [-0.4, -0.2) is 31.5 Å². The zero-order chi connectivity index (χ0) is 18.9. The topological polar surface area (TPSA) is 93.7 Å². The molecule has 136 valence electrons. The van der Waals surface area contributed by atoms with Crippen LogP contribution in [0.15, 0.2) is 48.5 Å². The molecule has 0 saturated heterocycles. The van der Waals surface area contributed by atoms with Crippen molar-refractivity contribution in [2.45, 2.75) is 13.5 Å². The molecule has 0 heterocycles. The molecule has 2 rings (SSSR count).